The van der Waals surface area contributed by atoms with Crippen LogP contribution in [-0.4, -0.2) is 53.8 Å². The minimum absolute atomic E-state index is 0.0889. The van der Waals surface area contributed by atoms with Gasteiger partial charge in [-0.1, -0.05) is 12.1 Å². The monoisotopic (exact) mass is 385 g/mol. The number of pyridine rings is 1. The van der Waals surface area contributed by atoms with Crippen LogP contribution in [0.25, 0.3) is 0 Å². The summed E-state index contributed by atoms with van der Waals surface area (Å²) in [7, 11) is 0. The van der Waals surface area contributed by atoms with E-state index in [9.17, 15) is 14.0 Å². The second-order valence-corrected chi connectivity index (χ2v) is 6.77. The first kappa shape index (κ1) is 18.5. The second-order valence-electron chi connectivity index (χ2n) is 6.77. The number of likely N-dealkylation sites (tertiary alicyclic amines) is 1. The molecule has 0 bridgehead atoms. The molecule has 8 heteroatoms. The summed E-state index contributed by atoms with van der Waals surface area (Å²) in [5, 5.41) is 2.58. The summed E-state index contributed by atoms with van der Waals surface area (Å²) in [5.41, 5.74) is 0.601. The van der Waals surface area contributed by atoms with E-state index < -0.39 is 17.5 Å². The van der Waals surface area contributed by atoms with E-state index in [2.05, 4.69) is 10.3 Å². The van der Waals surface area contributed by atoms with Crippen molar-refractivity contribution in [3.8, 4) is 0 Å². The molecule has 146 valence electrons. The van der Waals surface area contributed by atoms with Gasteiger partial charge in [0.15, 0.2) is 5.79 Å². The van der Waals surface area contributed by atoms with Crippen molar-refractivity contribution < 1.29 is 23.5 Å². The van der Waals surface area contributed by atoms with Gasteiger partial charge in [0, 0.05) is 31.6 Å². The zero-order valence-electron chi connectivity index (χ0n) is 15.2. The first-order chi connectivity index (χ1) is 13.5. The fourth-order valence-corrected chi connectivity index (χ4v) is 3.44. The van der Waals surface area contributed by atoms with Crippen LogP contribution < -0.4 is 5.32 Å². The quantitative estimate of drug-likeness (QED) is 0.878. The molecule has 1 aromatic carbocycles. The fourth-order valence-electron chi connectivity index (χ4n) is 3.44. The molecule has 1 spiro atoms. The zero-order chi connectivity index (χ0) is 19.6. The number of aromatic nitrogens is 1. The molecule has 2 saturated heterocycles. The van der Waals surface area contributed by atoms with Crippen LogP contribution in [0.15, 0.2) is 42.5 Å². The molecule has 0 aliphatic carbocycles. The minimum Gasteiger partial charge on any atom is -0.347 e. The Balaban J connectivity index is 1.43. The van der Waals surface area contributed by atoms with E-state index in [1.54, 1.807) is 23.1 Å². The molecule has 1 aromatic heterocycles. The molecule has 0 radical (unpaired) electrons. The van der Waals surface area contributed by atoms with Gasteiger partial charge in [-0.3, -0.25) is 9.59 Å². The highest BCUT2D eigenvalue weighted by Gasteiger charge is 2.41. The van der Waals surface area contributed by atoms with Crippen molar-refractivity contribution in [1.29, 1.82) is 0 Å². The van der Waals surface area contributed by atoms with Gasteiger partial charge in [0.25, 0.3) is 11.8 Å². The maximum Gasteiger partial charge on any atom is 0.274 e. The number of rotatable bonds is 3. The first-order valence-electron chi connectivity index (χ1n) is 9.16. The predicted molar refractivity (Wildman–Crippen MR) is 98.4 cm³/mol. The van der Waals surface area contributed by atoms with Crippen molar-refractivity contribution in [3.05, 3.63) is 59.7 Å². The van der Waals surface area contributed by atoms with Crippen molar-refractivity contribution >= 4 is 17.5 Å². The second kappa shape index (κ2) is 7.65. The van der Waals surface area contributed by atoms with Crippen LogP contribution in [0.5, 0.6) is 0 Å². The largest absolute Gasteiger partial charge is 0.347 e. The lowest BCUT2D eigenvalue weighted by molar-refractivity contribution is -0.181. The summed E-state index contributed by atoms with van der Waals surface area (Å²) >= 11 is 0. The smallest absolute Gasteiger partial charge is 0.274 e. The van der Waals surface area contributed by atoms with E-state index in [0.717, 1.165) is 0 Å². The van der Waals surface area contributed by atoms with E-state index in [4.69, 9.17) is 9.47 Å². The van der Waals surface area contributed by atoms with E-state index in [-0.39, 0.29) is 17.3 Å². The molecular weight excluding hydrogens is 365 g/mol. The number of nitrogens with zero attached hydrogens (tertiary/aromatic N) is 2. The molecule has 1 N–H and O–H groups in total. The molecule has 2 amide bonds. The minimum atomic E-state index is -0.559. The number of hydrogen-bond donors (Lipinski definition) is 1. The Hall–Kier alpha value is -2.84. The molecule has 0 saturated carbocycles. The van der Waals surface area contributed by atoms with Gasteiger partial charge in [0.2, 0.25) is 0 Å². The van der Waals surface area contributed by atoms with Gasteiger partial charge in [-0.2, -0.15) is 0 Å². The number of piperidine rings is 1. The lowest BCUT2D eigenvalue weighted by atomic mass is 10.0. The van der Waals surface area contributed by atoms with Gasteiger partial charge in [0.05, 0.1) is 13.2 Å². The van der Waals surface area contributed by atoms with Crippen molar-refractivity contribution in [2.24, 2.45) is 0 Å². The molecule has 4 rings (SSSR count). The van der Waals surface area contributed by atoms with Crippen molar-refractivity contribution in [3.63, 3.8) is 0 Å². The third kappa shape index (κ3) is 3.88. The normalized spacial score (nSPS) is 18.2. The highest BCUT2D eigenvalue weighted by Crippen LogP contribution is 2.31. The number of nitrogens with one attached hydrogen (secondary N) is 1. The zero-order valence-corrected chi connectivity index (χ0v) is 15.2. The molecule has 0 atom stereocenters. The van der Waals surface area contributed by atoms with Crippen LogP contribution in [-0.2, 0) is 9.47 Å². The maximum absolute atomic E-state index is 13.3. The van der Waals surface area contributed by atoms with Crippen LogP contribution in [0.4, 0.5) is 10.1 Å². The Morgan fingerprint density at radius 3 is 2.43 bits per heavy atom. The van der Waals surface area contributed by atoms with Gasteiger partial charge in [-0.05, 0) is 30.3 Å². The Kier molecular flexibility index (Phi) is 5.06. The number of carbonyl (C=O) groups is 2. The SMILES string of the molecule is O=C(Nc1cccc(F)c1)c1cccc(C(=O)N2CCC3(CC2)OCCO3)n1. The van der Waals surface area contributed by atoms with Crippen LogP contribution in [0.1, 0.15) is 33.8 Å². The number of anilines is 1. The molecule has 2 aliphatic heterocycles. The third-order valence-corrected chi connectivity index (χ3v) is 4.91. The Labute approximate surface area is 161 Å². The lowest BCUT2D eigenvalue weighted by Crippen LogP contribution is -2.47. The number of hydrogen-bond acceptors (Lipinski definition) is 5. The van der Waals surface area contributed by atoms with Gasteiger partial charge < -0.3 is 19.7 Å². The van der Waals surface area contributed by atoms with Crippen molar-refractivity contribution in [1.82, 2.24) is 9.88 Å². The Bertz CT molecular complexity index is 889. The fraction of sp³-hybridized carbons (Fsp3) is 0.350. The van der Waals surface area contributed by atoms with Gasteiger partial charge in [-0.25, -0.2) is 9.37 Å². The average Bonchev–Trinajstić information content (AvgIpc) is 3.16. The summed E-state index contributed by atoms with van der Waals surface area (Å²) in [4.78, 5) is 31.1. The van der Waals surface area contributed by atoms with Crippen molar-refractivity contribution in [2.45, 2.75) is 18.6 Å². The van der Waals surface area contributed by atoms with Crippen molar-refractivity contribution in [2.75, 3.05) is 31.6 Å². The number of halogens is 1. The molecule has 2 aliphatic rings. The number of amides is 2. The van der Waals surface area contributed by atoms with Crippen LogP contribution >= 0.6 is 0 Å². The van der Waals surface area contributed by atoms with Gasteiger partial charge in [0.1, 0.15) is 17.2 Å². The highest BCUT2D eigenvalue weighted by atomic mass is 19.1. The highest BCUT2D eigenvalue weighted by molar-refractivity contribution is 6.03. The molecular formula is C20H20FN3O4. The number of ether oxygens (including phenoxy) is 2. The molecule has 2 fully saturated rings. The summed E-state index contributed by atoms with van der Waals surface area (Å²) in [5.74, 6) is -1.76. The average molecular weight is 385 g/mol. The predicted octanol–water partition coefficient (Wildman–Crippen LogP) is 2.45. The van der Waals surface area contributed by atoms with Crippen LogP contribution in [0.3, 0.4) is 0 Å². The van der Waals surface area contributed by atoms with E-state index in [0.29, 0.717) is 44.8 Å². The standard InChI is InChI=1S/C20H20FN3O4/c21-14-3-1-4-15(13-14)22-18(25)16-5-2-6-17(23-16)19(26)24-9-7-20(8-10-24)27-11-12-28-20/h1-6,13H,7-12H2,(H,22,25). The summed E-state index contributed by atoms with van der Waals surface area (Å²) in [6.07, 6.45) is 1.22. The number of benzene rings is 1. The first-order valence-corrected chi connectivity index (χ1v) is 9.16. The maximum atomic E-state index is 13.3. The van der Waals surface area contributed by atoms with Gasteiger partial charge in [-0.15, -0.1) is 0 Å². The Morgan fingerprint density at radius 2 is 1.71 bits per heavy atom. The summed E-state index contributed by atoms with van der Waals surface area (Å²) in [6.45, 7) is 2.16. The van der Waals surface area contributed by atoms with Crippen LogP contribution in [0, 0.1) is 5.82 Å². The summed E-state index contributed by atoms with van der Waals surface area (Å²) < 4.78 is 24.6. The van der Waals surface area contributed by atoms with Gasteiger partial charge >= 0.3 is 0 Å². The van der Waals surface area contributed by atoms with E-state index >= 15 is 0 Å². The molecule has 2 aromatic rings. The molecule has 0 unspecified atom stereocenters. The number of carbonyl (C=O) groups excluding carboxylic acids is 2. The third-order valence-electron chi connectivity index (χ3n) is 4.91. The molecule has 7 nitrogen and oxygen atoms in total. The Morgan fingerprint density at radius 1 is 1.04 bits per heavy atom. The lowest BCUT2D eigenvalue weighted by Gasteiger charge is -2.37. The van der Waals surface area contributed by atoms with Crippen LogP contribution in [0.2, 0.25) is 0 Å². The molecule has 3 heterocycles. The molecule has 28 heavy (non-hydrogen) atoms. The summed E-state index contributed by atoms with van der Waals surface area (Å²) in [6, 6.07) is 10.3. The topological polar surface area (TPSA) is 80.8 Å². The van der Waals surface area contributed by atoms with E-state index in [1.807, 2.05) is 0 Å². The van der Waals surface area contributed by atoms with E-state index in [1.165, 1.54) is 24.3 Å².